The largest absolute Gasteiger partial charge is 0.422 e. The van der Waals surface area contributed by atoms with Gasteiger partial charge in [0.15, 0.2) is 0 Å². The van der Waals surface area contributed by atoms with Crippen LogP contribution in [0, 0.1) is 6.92 Å². The van der Waals surface area contributed by atoms with Crippen LogP contribution < -0.4 is 10.2 Å². The lowest BCUT2D eigenvalue weighted by molar-refractivity contribution is 0.0734. The zero-order valence-corrected chi connectivity index (χ0v) is 23.3. The molecule has 0 fully saturated rings. The van der Waals surface area contributed by atoms with Gasteiger partial charge >= 0.3 is 5.97 Å². The predicted molar refractivity (Wildman–Crippen MR) is 157 cm³/mol. The third-order valence-corrected chi connectivity index (χ3v) is 6.89. The molecule has 0 aliphatic rings. The summed E-state index contributed by atoms with van der Waals surface area (Å²) >= 11 is 6.79. The smallest absolute Gasteiger partial charge is 0.343 e. The molecule has 1 amide bonds. The molecule has 0 aliphatic heterocycles. The van der Waals surface area contributed by atoms with Crippen LogP contribution in [0.5, 0.6) is 5.75 Å². The number of ether oxygens (including phenoxy) is 1. The fourth-order valence-corrected chi connectivity index (χ4v) is 4.70. The highest BCUT2D eigenvalue weighted by molar-refractivity contribution is 9.10. The van der Waals surface area contributed by atoms with Gasteiger partial charge in [0.05, 0.1) is 11.8 Å². The number of benzene rings is 4. The summed E-state index contributed by atoms with van der Waals surface area (Å²) in [5.41, 5.74) is 7.63. The second-order valence-electron chi connectivity index (χ2n) is 8.57. The number of hydrogen-bond donors (Lipinski definition) is 2. The van der Waals surface area contributed by atoms with Gasteiger partial charge in [0.25, 0.3) is 5.91 Å². The molecule has 0 bridgehead atoms. The molecule has 5 aromatic rings. The first kappa shape index (κ1) is 25.6. The maximum absolute atomic E-state index is 13.3. The van der Waals surface area contributed by atoms with Crippen LogP contribution in [-0.2, 0) is 0 Å². The standard InChI is InChI=1S/C30H21Br2N3O3/c1-18-7-13-25-24(15-18)27(19-5-3-2-4-6-19)28(34-25)29(36)35-33-17-21-16-23(32)12-14-26(21)38-30(37)20-8-10-22(31)11-9-20/h2-17,34H,1H3,(H,35,36). The summed E-state index contributed by atoms with van der Waals surface area (Å²) in [7, 11) is 0. The van der Waals surface area contributed by atoms with Gasteiger partial charge < -0.3 is 9.72 Å². The number of fused-ring (bicyclic) bond motifs is 1. The van der Waals surface area contributed by atoms with E-state index < -0.39 is 11.9 Å². The Balaban J connectivity index is 1.41. The molecule has 0 aliphatic carbocycles. The van der Waals surface area contributed by atoms with Crippen LogP contribution in [0.4, 0.5) is 0 Å². The summed E-state index contributed by atoms with van der Waals surface area (Å²) in [5.74, 6) is -0.582. The number of hydrazone groups is 1. The molecule has 0 atom stereocenters. The number of carbonyl (C=O) groups excluding carboxylic acids is 2. The van der Waals surface area contributed by atoms with E-state index in [1.807, 2.05) is 49.4 Å². The van der Waals surface area contributed by atoms with Crippen molar-refractivity contribution >= 4 is 60.9 Å². The predicted octanol–water partition coefficient (Wildman–Crippen LogP) is 7.65. The van der Waals surface area contributed by atoms with Gasteiger partial charge in [-0.2, -0.15) is 5.10 Å². The SMILES string of the molecule is Cc1ccc2[nH]c(C(=O)NN=Cc3cc(Br)ccc3OC(=O)c3ccc(Br)cc3)c(-c3ccccc3)c2c1. The number of H-pyrrole nitrogens is 1. The normalized spacial score (nSPS) is 11.1. The molecule has 0 unspecified atom stereocenters. The minimum Gasteiger partial charge on any atom is -0.422 e. The maximum Gasteiger partial charge on any atom is 0.343 e. The van der Waals surface area contributed by atoms with Crippen LogP contribution in [0.1, 0.15) is 32.0 Å². The van der Waals surface area contributed by atoms with E-state index in [9.17, 15) is 9.59 Å². The molecule has 5 rings (SSSR count). The number of nitrogens with one attached hydrogen (secondary N) is 2. The second kappa shape index (κ2) is 11.2. The van der Waals surface area contributed by atoms with Crippen LogP contribution in [0.15, 0.2) is 105 Å². The highest BCUT2D eigenvalue weighted by Gasteiger charge is 2.19. The molecule has 2 N–H and O–H groups in total. The zero-order chi connectivity index (χ0) is 26.6. The molecule has 38 heavy (non-hydrogen) atoms. The van der Waals surface area contributed by atoms with Crippen LogP contribution in [0.25, 0.3) is 22.0 Å². The average molecular weight is 631 g/mol. The topological polar surface area (TPSA) is 83.6 Å². The van der Waals surface area contributed by atoms with Gasteiger partial charge in [-0.15, -0.1) is 0 Å². The molecular weight excluding hydrogens is 610 g/mol. The minimum absolute atomic E-state index is 0.310. The quantitative estimate of drug-likeness (QED) is 0.0875. The molecule has 4 aromatic carbocycles. The van der Waals surface area contributed by atoms with E-state index in [0.29, 0.717) is 22.6 Å². The van der Waals surface area contributed by atoms with Crippen LogP contribution in [0.3, 0.4) is 0 Å². The van der Waals surface area contributed by atoms with Crippen LogP contribution >= 0.6 is 31.9 Å². The number of esters is 1. The second-order valence-corrected chi connectivity index (χ2v) is 10.4. The summed E-state index contributed by atoms with van der Waals surface area (Å²) in [6.07, 6.45) is 1.45. The fraction of sp³-hybridized carbons (Fsp3) is 0.0333. The van der Waals surface area contributed by atoms with Gasteiger partial charge in [-0.1, -0.05) is 73.8 Å². The van der Waals surface area contributed by atoms with E-state index in [1.165, 1.54) is 6.21 Å². The maximum atomic E-state index is 13.3. The molecule has 6 nitrogen and oxygen atoms in total. The number of aromatic nitrogens is 1. The van der Waals surface area contributed by atoms with E-state index in [2.05, 4.69) is 53.4 Å². The Labute approximate surface area is 236 Å². The van der Waals surface area contributed by atoms with Gasteiger partial charge in [-0.3, -0.25) is 4.79 Å². The number of aromatic amines is 1. The monoisotopic (exact) mass is 629 g/mol. The summed E-state index contributed by atoms with van der Waals surface area (Å²) < 4.78 is 7.24. The zero-order valence-electron chi connectivity index (χ0n) is 20.2. The minimum atomic E-state index is -0.501. The summed E-state index contributed by atoms with van der Waals surface area (Å²) in [6, 6.07) is 27.8. The molecule has 8 heteroatoms. The molecule has 0 saturated carbocycles. The molecule has 0 spiro atoms. The number of halogens is 2. The number of aryl methyl sites for hydroxylation is 1. The Bertz CT molecular complexity index is 1680. The third kappa shape index (κ3) is 5.61. The third-order valence-electron chi connectivity index (χ3n) is 5.87. The van der Waals surface area contributed by atoms with Crippen molar-refractivity contribution in [1.29, 1.82) is 0 Å². The van der Waals surface area contributed by atoms with Crippen LogP contribution in [0.2, 0.25) is 0 Å². The Morgan fingerprint density at radius 3 is 2.39 bits per heavy atom. The van der Waals surface area contributed by atoms with E-state index in [0.717, 1.165) is 36.5 Å². The van der Waals surface area contributed by atoms with Gasteiger partial charge in [-0.05, 0) is 67.1 Å². The summed E-state index contributed by atoms with van der Waals surface area (Å²) in [5, 5.41) is 5.13. The summed E-state index contributed by atoms with van der Waals surface area (Å²) in [4.78, 5) is 29.2. The number of carbonyl (C=O) groups is 2. The lowest BCUT2D eigenvalue weighted by Gasteiger charge is -2.08. The molecule has 188 valence electrons. The Kier molecular flexibility index (Phi) is 7.53. The van der Waals surface area contributed by atoms with Crippen molar-refractivity contribution in [3.8, 4) is 16.9 Å². The van der Waals surface area contributed by atoms with Gasteiger partial charge in [0.1, 0.15) is 11.4 Å². The fourth-order valence-electron chi connectivity index (χ4n) is 4.05. The first-order valence-corrected chi connectivity index (χ1v) is 13.3. The van der Waals surface area contributed by atoms with Gasteiger partial charge in [0, 0.05) is 31.0 Å². The van der Waals surface area contributed by atoms with E-state index in [4.69, 9.17) is 4.74 Å². The Hall–Kier alpha value is -4.01. The van der Waals surface area contributed by atoms with Gasteiger partial charge in [0.2, 0.25) is 0 Å². The highest BCUT2D eigenvalue weighted by atomic mass is 79.9. The molecule has 0 radical (unpaired) electrons. The molecule has 1 aromatic heterocycles. The van der Waals surface area contributed by atoms with E-state index in [-0.39, 0.29) is 0 Å². The van der Waals surface area contributed by atoms with E-state index in [1.54, 1.807) is 42.5 Å². The van der Waals surface area contributed by atoms with Crippen molar-refractivity contribution in [3.63, 3.8) is 0 Å². The molecule has 1 heterocycles. The average Bonchev–Trinajstić information content (AvgIpc) is 3.29. The first-order chi connectivity index (χ1) is 18.4. The van der Waals surface area contributed by atoms with E-state index >= 15 is 0 Å². The van der Waals surface area contributed by atoms with Crippen molar-refractivity contribution in [1.82, 2.24) is 10.4 Å². The number of amides is 1. The van der Waals surface area contributed by atoms with Gasteiger partial charge in [-0.25, -0.2) is 10.2 Å². The van der Waals surface area contributed by atoms with Crippen molar-refractivity contribution in [2.24, 2.45) is 5.10 Å². The first-order valence-electron chi connectivity index (χ1n) is 11.7. The van der Waals surface area contributed by atoms with Crippen molar-refractivity contribution in [2.75, 3.05) is 0 Å². The lowest BCUT2D eigenvalue weighted by atomic mass is 10.0. The number of nitrogens with zero attached hydrogens (tertiary/aromatic N) is 1. The lowest BCUT2D eigenvalue weighted by Crippen LogP contribution is -2.19. The van der Waals surface area contributed by atoms with Crippen molar-refractivity contribution in [2.45, 2.75) is 6.92 Å². The highest BCUT2D eigenvalue weighted by Crippen LogP contribution is 2.33. The number of rotatable bonds is 6. The molecular formula is C30H21Br2N3O3. The Morgan fingerprint density at radius 1 is 0.895 bits per heavy atom. The number of hydrogen-bond acceptors (Lipinski definition) is 4. The van der Waals surface area contributed by atoms with Crippen molar-refractivity contribution < 1.29 is 14.3 Å². The molecule has 0 saturated heterocycles. The van der Waals surface area contributed by atoms with Crippen LogP contribution in [-0.4, -0.2) is 23.1 Å². The Morgan fingerprint density at radius 2 is 1.63 bits per heavy atom. The summed E-state index contributed by atoms with van der Waals surface area (Å²) in [6.45, 7) is 2.02. The van der Waals surface area contributed by atoms with Crippen molar-refractivity contribution in [3.05, 3.63) is 122 Å².